The van der Waals surface area contributed by atoms with Crippen molar-refractivity contribution in [2.24, 2.45) is 10.8 Å². The summed E-state index contributed by atoms with van der Waals surface area (Å²) >= 11 is 9.74. The Balaban J connectivity index is 1.87. The molecular weight excluding hydrogens is 408 g/mol. The van der Waals surface area contributed by atoms with Crippen LogP contribution in [-0.2, 0) is 24.6 Å². The standard InChI is InChI=1S/C17H29NO4P2S2/c1-16(2)11-19-23(25,20-12-16)18(10-15-8-6-5-7-9-15)24(26)21-13-17(3,4)14-22-24/h5-9,25-26H,10-14H2,1-4H3/q+2. The van der Waals surface area contributed by atoms with E-state index in [2.05, 4.69) is 39.8 Å². The summed E-state index contributed by atoms with van der Waals surface area (Å²) in [4.78, 5) is 0. The third-order valence-corrected chi connectivity index (χ3v) is 12.5. The largest absolute Gasteiger partial charge is 0.451 e. The van der Waals surface area contributed by atoms with Gasteiger partial charge in [-0.15, -0.1) is 0 Å². The molecule has 0 N–H and O–H groups in total. The first-order valence-electron chi connectivity index (χ1n) is 8.68. The van der Waals surface area contributed by atoms with Gasteiger partial charge < -0.3 is 0 Å². The fraction of sp³-hybridized carbons (Fsp3) is 0.647. The van der Waals surface area contributed by atoms with Crippen molar-refractivity contribution in [1.29, 1.82) is 0 Å². The molecule has 0 aliphatic carbocycles. The fourth-order valence-corrected chi connectivity index (χ4v) is 11.3. The second-order valence-electron chi connectivity index (χ2n) is 8.42. The highest BCUT2D eigenvalue weighted by atomic mass is 32.7. The summed E-state index contributed by atoms with van der Waals surface area (Å²) < 4.78 is 26.7. The Hall–Kier alpha value is 0.580. The van der Waals surface area contributed by atoms with Crippen LogP contribution in [0.25, 0.3) is 0 Å². The zero-order valence-electron chi connectivity index (χ0n) is 15.8. The van der Waals surface area contributed by atoms with E-state index in [0.717, 1.165) is 5.56 Å². The van der Waals surface area contributed by atoms with Gasteiger partial charge in [-0.05, 0) is 5.56 Å². The zero-order chi connectivity index (χ0) is 19.1. The third kappa shape index (κ3) is 4.94. The van der Waals surface area contributed by atoms with Crippen LogP contribution in [0, 0.1) is 10.8 Å². The van der Waals surface area contributed by atoms with Gasteiger partial charge in [0.2, 0.25) is 0 Å². The maximum atomic E-state index is 6.18. The van der Waals surface area contributed by atoms with Crippen molar-refractivity contribution in [2.45, 2.75) is 34.2 Å². The SMILES string of the molecule is CC1(C)CO[P+](S)(N(Cc2ccccc2)[P+]2(S)OCC(C)(C)CO2)OC1. The summed E-state index contributed by atoms with van der Waals surface area (Å²) in [5.74, 6) is 0. The van der Waals surface area contributed by atoms with Gasteiger partial charge in [0.25, 0.3) is 0 Å². The molecule has 1 aromatic carbocycles. The fourth-order valence-electron chi connectivity index (χ4n) is 2.53. The average molecular weight is 438 g/mol. The van der Waals surface area contributed by atoms with Crippen LogP contribution in [-0.4, -0.2) is 30.9 Å². The number of thiol groups is 2. The van der Waals surface area contributed by atoms with Crippen molar-refractivity contribution in [3.05, 3.63) is 35.9 Å². The van der Waals surface area contributed by atoms with E-state index >= 15 is 0 Å². The van der Waals surface area contributed by atoms with Gasteiger partial charge >= 0.3 is 14.1 Å². The molecule has 3 rings (SSSR count). The minimum absolute atomic E-state index is 0.0386. The maximum absolute atomic E-state index is 6.18. The predicted molar refractivity (Wildman–Crippen MR) is 115 cm³/mol. The molecule has 146 valence electrons. The second kappa shape index (κ2) is 7.78. The molecule has 0 saturated carbocycles. The number of nitrogens with zero attached hydrogens (tertiary/aromatic N) is 1. The number of hydrogen-bond acceptors (Lipinski definition) is 7. The monoisotopic (exact) mass is 437 g/mol. The molecule has 2 aliphatic heterocycles. The summed E-state index contributed by atoms with van der Waals surface area (Å²) in [6.07, 6.45) is 0. The molecule has 2 heterocycles. The molecule has 2 aliphatic rings. The number of rotatable bonds is 4. The molecule has 2 fully saturated rings. The van der Waals surface area contributed by atoms with Crippen molar-refractivity contribution in [3.63, 3.8) is 0 Å². The molecule has 0 bridgehead atoms. The van der Waals surface area contributed by atoms with E-state index in [0.29, 0.717) is 33.0 Å². The molecule has 5 nitrogen and oxygen atoms in total. The summed E-state index contributed by atoms with van der Waals surface area (Å²) in [6.45, 7) is 11.3. The lowest BCUT2D eigenvalue weighted by atomic mass is 9.97. The van der Waals surface area contributed by atoms with E-state index in [1.807, 2.05) is 22.6 Å². The van der Waals surface area contributed by atoms with Crippen molar-refractivity contribution in [1.82, 2.24) is 4.44 Å². The summed E-state index contributed by atoms with van der Waals surface area (Å²) in [6, 6.07) is 10.1. The van der Waals surface area contributed by atoms with Crippen LogP contribution in [0.5, 0.6) is 0 Å². The van der Waals surface area contributed by atoms with Crippen LogP contribution < -0.4 is 0 Å². The summed E-state index contributed by atoms with van der Waals surface area (Å²) in [7, 11) is -5.29. The van der Waals surface area contributed by atoms with Crippen LogP contribution >= 0.6 is 38.6 Å². The molecule has 1 aromatic rings. The van der Waals surface area contributed by atoms with Gasteiger partial charge in [0.15, 0.2) is 0 Å². The van der Waals surface area contributed by atoms with Crippen molar-refractivity contribution in [3.8, 4) is 0 Å². The van der Waals surface area contributed by atoms with Crippen molar-refractivity contribution >= 4 is 38.6 Å². The highest BCUT2D eigenvalue weighted by molar-refractivity contribution is 8.55. The lowest BCUT2D eigenvalue weighted by Gasteiger charge is -2.40. The molecule has 0 aromatic heterocycles. The quantitative estimate of drug-likeness (QED) is 0.457. The second-order valence-corrected chi connectivity index (χ2v) is 15.7. The highest BCUT2D eigenvalue weighted by Gasteiger charge is 2.69. The Morgan fingerprint density at radius 1 is 0.808 bits per heavy atom. The Kier molecular flexibility index (Phi) is 6.37. The van der Waals surface area contributed by atoms with Gasteiger partial charge in [-0.1, -0.05) is 58.0 Å². The Morgan fingerprint density at radius 2 is 1.19 bits per heavy atom. The first kappa shape index (κ1) is 21.3. The maximum Gasteiger partial charge on any atom is 0.451 e. The molecule has 2 saturated heterocycles. The molecular formula is C17H29NO4P2S2+2. The molecule has 0 spiro atoms. The highest BCUT2D eigenvalue weighted by Crippen LogP contribution is 2.86. The van der Waals surface area contributed by atoms with Gasteiger partial charge in [0.1, 0.15) is 33.0 Å². The van der Waals surface area contributed by atoms with E-state index in [1.165, 1.54) is 0 Å². The zero-order valence-corrected chi connectivity index (χ0v) is 19.4. The van der Waals surface area contributed by atoms with E-state index in [-0.39, 0.29) is 10.8 Å². The van der Waals surface area contributed by atoms with Gasteiger partial charge in [-0.25, -0.2) is 0 Å². The predicted octanol–water partition coefficient (Wildman–Crippen LogP) is 5.85. The Morgan fingerprint density at radius 3 is 1.58 bits per heavy atom. The third-order valence-electron chi connectivity index (χ3n) is 4.24. The first-order valence-corrected chi connectivity index (χ1v) is 14.1. The van der Waals surface area contributed by atoms with Gasteiger partial charge in [-0.2, -0.15) is 18.1 Å². The van der Waals surface area contributed by atoms with Crippen molar-refractivity contribution in [2.75, 3.05) is 26.4 Å². The first-order chi connectivity index (χ1) is 12.0. The van der Waals surface area contributed by atoms with Crippen molar-refractivity contribution < 1.29 is 18.1 Å². The summed E-state index contributed by atoms with van der Waals surface area (Å²) in [5.41, 5.74) is 1.04. The topological polar surface area (TPSA) is 40.2 Å². The van der Waals surface area contributed by atoms with Gasteiger partial charge in [0, 0.05) is 10.8 Å². The number of benzene rings is 1. The van der Waals surface area contributed by atoms with Crippen LogP contribution in [0.3, 0.4) is 0 Å². The van der Waals surface area contributed by atoms with Gasteiger partial charge in [0.05, 0.1) is 28.9 Å². The summed E-state index contributed by atoms with van der Waals surface area (Å²) in [5, 5.41) is 0. The van der Waals surface area contributed by atoms with E-state index in [9.17, 15) is 0 Å². The number of hydrogen-bond donors (Lipinski definition) is 2. The Bertz CT molecular complexity index is 578. The molecule has 0 radical (unpaired) electrons. The van der Waals surface area contributed by atoms with E-state index < -0.39 is 14.1 Å². The van der Waals surface area contributed by atoms with E-state index in [1.54, 1.807) is 0 Å². The van der Waals surface area contributed by atoms with Crippen LogP contribution in [0.15, 0.2) is 30.3 Å². The molecule has 0 atom stereocenters. The smallest absolute Gasteiger partial charge is 0.175 e. The Labute approximate surface area is 168 Å². The lowest BCUT2D eigenvalue weighted by molar-refractivity contribution is 0.0284. The molecule has 9 heteroatoms. The average Bonchev–Trinajstić information content (AvgIpc) is 2.60. The lowest BCUT2D eigenvalue weighted by Crippen LogP contribution is -2.39. The minimum atomic E-state index is -2.64. The molecule has 0 unspecified atom stereocenters. The van der Waals surface area contributed by atoms with Crippen LogP contribution in [0.2, 0.25) is 0 Å². The van der Waals surface area contributed by atoms with Crippen LogP contribution in [0.4, 0.5) is 0 Å². The normalized spacial score (nSPS) is 26.6. The minimum Gasteiger partial charge on any atom is -0.175 e. The van der Waals surface area contributed by atoms with E-state index in [4.69, 9.17) is 42.6 Å². The molecule has 0 amide bonds. The van der Waals surface area contributed by atoms with Crippen LogP contribution in [0.1, 0.15) is 33.3 Å². The molecule has 26 heavy (non-hydrogen) atoms. The van der Waals surface area contributed by atoms with Gasteiger partial charge in [-0.3, -0.25) is 0 Å².